The van der Waals surface area contributed by atoms with Crippen LogP contribution in [0.2, 0.25) is 0 Å². The summed E-state index contributed by atoms with van der Waals surface area (Å²) in [7, 11) is 0. The number of thiazole rings is 1. The van der Waals surface area contributed by atoms with Crippen molar-refractivity contribution in [3.8, 4) is 0 Å². The Labute approximate surface area is 120 Å². The van der Waals surface area contributed by atoms with Gasteiger partial charge in [0.25, 0.3) is 0 Å². The zero-order valence-corrected chi connectivity index (χ0v) is 12.5. The number of aromatic nitrogens is 1. The van der Waals surface area contributed by atoms with Gasteiger partial charge in [-0.3, -0.25) is 4.79 Å². The molecule has 0 aliphatic carbocycles. The lowest BCUT2D eigenvalue weighted by molar-refractivity contribution is -0.142. The third kappa shape index (κ3) is 4.04. The van der Waals surface area contributed by atoms with Crippen LogP contribution >= 0.6 is 22.7 Å². The van der Waals surface area contributed by atoms with Crippen molar-refractivity contribution in [2.24, 2.45) is 0 Å². The fourth-order valence-electron chi connectivity index (χ4n) is 1.61. The van der Waals surface area contributed by atoms with E-state index in [1.807, 2.05) is 11.4 Å². The van der Waals surface area contributed by atoms with Crippen LogP contribution in [-0.2, 0) is 16.0 Å². The topological polar surface area (TPSA) is 51.2 Å². The summed E-state index contributed by atoms with van der Waals surface area (Å²) in [5.41, 5.74) is 0.754. The molecule has 0 aliphatic rings. The molecule has 1 unspecified atom stereocenters. The lowest BCUT2D eigenvalue weighted by Gasteiger charge is -2.10. The maximum atomic E-state index is 11.4. The van der Waals surface area contributed by atoms with Crippen LogP contribution in [0.4, 0.5) is 5.13 Å². The Balaban J connectivity index is 1.92. The third-order valence-corrected chi connectivity index (χ3v) is 4.37. The van der Waals surface area contributed by atoms with E-state index in [2.05, 4.69) is 28.7 Å². The summed E-state index contributed by atoms with van der Waals surface area (Å²) in [5, 5.41) is 8.12. The van der Waals surface area contributed by atoms with Crippen molar-refractivity contribution in [1.29, 1.82) is 0 Å². The Hall–Kier alpha value is -1.40. The molecule has 0 saturated carbocycles. The monoisotopic (exact) mass is 296 g/mol. The quantitative estimate of drug-likeness (QED) is 0.829. The van der Waals surface area contributed by atoms with Crippen molar-refractivity contribution in [3.63, 3.8) is 0 Å². The zero-order valence-electron chi connectivity index (χ0n) is 10.9. The number of hydrogen-bond acceptors (Lipinski definition) is 6. The van der Waals surface area contributed by atoms with E-state index in [1.54, 1.807) is 18.3 Å². The molecule has 2 rings (SSSR count). The average Bonchev–Trinajstić information content (AvgIpc) is 3.00. The maximum Gasteiger partial charge on any atom is 0.311 e. The fourth-order valence-corrected chi connectivity index (χ4v) is 3.14. The Morgan fingerprint density at radius 1 is 1.53 bits per heavy atom. The number of nitrogens with one attached hydrogen (secondary N) is 1. The standard InChI is InChI=1S/C13H16N2O2S2/c1-3-17-12(16)7-10-8-19-13(15-10)14-9(2)11-5-4-6-18-11/h4-6,8-9H,3,7H2,1-2H3,(H,14,15). The van der Waals surface area contributed by atoms with Crippen LogP contribution in [0.1, 0.15) is 30.5 Å². The molecule has 2 heterocycles. The highest BCUT2D eigenvalue weighted by molar-refractivity contribution is 7.13. The molecular weight excluding hydrogens is 280 g/mol. The number of carbonyl (C=O) groups excluding carboxylic acids is 1. The minimum absolute atomic E-state index is 0.224. The summed E-state index contributed by atoms with van der Waals surface area (Å²) in [6.07, 6.45) is 0.236. The molecule has 1 N–H and O–H groups in total. The van der Waals surface area contributed by atoms with Crippen molar-refractivity contribution in [3.05, 3.63) is 33.5 Å². The van der Waals surface area contributed by atoms with Crippen LogP contribution in [0, 0.1) is 0 Å². The predicted octanol–water partition coefficient (Wildman–Crippen LogP) is 3.48. The first kappa shape index (κ1) is 14.0. The molecule has 0 saturated heterocycles. The molecule has 2 aromatic rings. The van der Waals surface area contributed by atoms with Gasteiger partial charge in [-0.1, -0.05) is 6.07 Å². The largest absolute Gasteiger partial charge is 0.466 e. The number of ether oxygens (including phenoxy) is 1. The molecule has 0 spiro atoms. The first-order chi connectivity index (χ1) is 9.19. The van der Waals surface area contributed by atoms with Gasteiger partial charge < -0.3 is 10.1 Å². The number of esters is 1. The molecule has 6 heteroatoms. The Morgan fingerprint density at radius 3 is 3.05 bits per heavy atom. The van der Waals surface area contributed by atoms with Crippen LogP contribution in [0.25, 0.3) is 0 Å². The SMILES string of the molecule is CCOC(=O)Cc1csc(NC(C)c2cccs2)n1. The maximum absolute atomic E-state index is 11.4. The van der Waals surface area contributed by atoms with Crippen molar-refractivity contribution in [2.45, 2.75) is 26.3 Å². The van der Waals surface area contributed by atoms with E-state index in [0.29, 0.717) is 6.61 Å². The number of rotatable bonds is 6. The average molecular weight is 296 g/mol. The van der Waals surface area contributed by atoms with E-state index in [1.165, 1.54) is 16.2 Å². The Bertz CT molecular complexity index is 522. The molecule has 4 nitrogen and oxygen atoms in total. The van der Waals surface area contributed by atoms with Crippen molar-refractivity contribution >= 4 is 33.8 Å². The highest BCUT2D eigenvalue weighted by Crippen LogP contribution is 2.25. The molecule has 0 radical (unpaired) electrons. The molecule has 1 atom stereocenters. The molecule has 0 amide bonds. The Morgan fingerprint density at radius 2 is 2.37 bits per heavy atom. The van der Waals surface area contributed by atoms with Crippen LogP contribution in [0.5, 0.6) is 0 Å². The van der Waals surface area contributed by atoms with E-state index in [4.69, 9.17) is 4.74 Å². The van der Waals surface area contributed by atoms with Gasteiger partial charge in [-0.25, -0.2) is 4.98 Å². The number of hydrogen-bond donors (Lipinski definition) is 1. The number of thiophene rings is 1. The van der Waals surface area contributed by atoms with Crippen molar-refractivity contribution in [1.82, 2.24) is 4.98 Å². The van der Waals surface area contributed by atoms with Gasteiger partial charge in [0, 0.05) is 10.3 Å². The zero-order chi connectivity index (χ0) is 13.7. The highest BCUT2D eigenvalue weighted by Gasteiger charge is 2.11. The van der Waals surface area contributed by atoms with Crippen LogP contribution in [-0.4, -0.2) is 17.6 Å². The predicted molar refractivity (Wildman–Crippen MR) is 78.8 cm³/mol. The Kier molecular flexibility index (Phi) is 4.93. The van der Waals surface area contributed by atoms with E-state index in [0.717, 1.165) is 10.8 Å². The lowest BCUT2D eigenvalue weighted by Crippen LogP contribution is -2.08. The molecule has 0 aromatic carbocycles. The van der Waals surface area contributed by atoms with Crippen LogP contribution in [0.3, 0.4) is 0 Å². The third-order valence-electron chi connectivity index (χ3n) is 2.49. The summed E-state index contributed by atoms with van der Waals surface area (Å²) in [5.74, 6) is -0.231. The van der Waals surface area contributed by atoms with E-state index in [-0.39, 0.29) is 18.4 Å². The van der Waals surface area contributed by atoms with Gasteiger partial charge in [-0.2, -0.15) is 0 Å². The summed E-state index contributed by atoms with van der Waals surface area (Å²) >= 11 is 3.22. The molecule has 2 aromatic heterocycles. The summed E-state index contributed by atoms with van der Waals surface area (Å²) in [6, 6.07) is 4.35. The fraction of sp³-hybridized carbons (Fsp3) is 0.385. The number of nitrogens with zero attached hydrogens (tertiary/aromatic N) is 1. The lowest BCUT2D eigenvalue weighted by atomic mass is 10.3. The molecule has 0 bridgehead atoms. The number of carbonyl (C=O) groups is 1. The molecule has 102 valence electrons. The van der Waals surface area contributed by atoms with Gasteiger partial charge in [0.05, 0.1) is 24.8 Å². The van der Waals surface area contributed by atoms with Gasteiger partial charge >= 0.3 is 5.97 Å². The van der Waals surface area contributed by atoms with Crippen LogP contribution < -0.4 is 5.32 Å². The van der Waals surface area contributed by atoms with Crippen molar-refractivity contribution in [2.75, 3.05) is 11.9 Å². The normalized spacial score (nSPS) is 12.1. The second-order valence-electron chi connectivity index (χ2n) is 4.01. The number of anilines is 1. The van der Waals surface area contributed by atoms with Gasteiger partial charge in [0.15, 0.2) is 5.13 Å². The minimum atomic E-state index is -0.231. The van der Waals surface area contributed by atoms with Gasteiger partial charge in [0.1, 0.15) is 0 Å². The van der Waals surface area contributed by atoms with Crippen molar-refractivity contribution < 1.29 is 9.53 Å². The first-order valence-corrected chi connectivity index (χ1v) is 7.85. The van der Waals surface area contributed by atoms with Crippen LogP contribution in [0.15, 0.2) is 22.9 Å². The highest BCUT2D eigenvalue weighted by atomic mass is 32.1. The molecule has 0 aliphatic heterocycles. The van der Waals surface area contributed by atoms with E-state index >= 15 is 0 Å². The van der Waals surface area contributed by atoms with Gasteiger partial charge in [-0.05, 0) is 25.3 Å². The summed E-state index contributed by atoms with van der Waals surface area (Å²) in [4.78, 5) is 17.0. The van der Waals surface area contributed by atoms with E-state index < -0.39 is 0 Å². The second kappa shape index (κ2) is 6.68. The first-order valence-electron chi connectivity index (χ1n) is 6.09. The molecule has 19 heavy (non-hydrogen) atoms. The molecule has 0 fully saturated rings. The van der Waals surface area contributed by atoms with Gasteiger partial charge in [0.2, 0.25) is 0 Å². The summed E-state index contributed by atoms with van der Waals surface area (Å²) < 4.78 is 4.90. The second-order valence-corrected chi connectivity index (χ2v) is 5.84. The van der Waals surface area contributed by atoms with E-state index in [9.17, 15) is 4.79 Å². The minimum Gasteiger partial charge on any atom is -0.466 e. The molecular formula is C13H16N2O2S2. The summed E-state index contributed by atoms with van der Waals surface area (Å²) in [6.45, 7) is 4.30. The smallest absolute Gasteiger partial charge is 0.311 e. The van der Waals surface area contributed by atoms with Gasteiger partial charge in [-0.15, -0.1) is 22.7 Å².